The summed E-state index contributed by atoms with van der Waals surface area (Å²) < 4.78 is 5.17. The van der Waals surface area contributed by atoms with Gasteiger partial charge in [-0.1, -0.05) is 36.4 Å². The molecule has 0 saturated carbocycles. The van der Waals surface area contributed by atoms with Gasteiger partial charge in [0.1, 0.15) is 6.61 Å². The second-order valence-electron chi connectivity index (χ2n) is 3.71. The Hall–Kier alpha value is -2.60. The van der Waals surface area contributed by atoms with Crippen molar-refractivity contribution in [2.24, 2.45) is 0 Å². The molecule has 3 nitrogen and oxygen atoms in total. The highest BCUT2D eigenvalue weighted by atomic mass is 16.5. The number of ether oxygens (including phenoxy) is 1. The van der Waals surface area contributed by atoms with Crippen LogP contribution in [0.3, 0.4) is 0 Å². The molecule has 88 valence electrons. The van der Waals surface area contributed by atoms with Crippen molar-refractivity contribution in [3.63, 3.8) is 0 Å². The van der Waals surface area contributed by atoms with Gasteiger partial charge in [0.25, 0.3) is 0 Å². The van der Waals surface area contributed by atoms with Gasteiger partial charge in [0, 0.05) is 5.56 Å². The van der Waals surface area contributed by atoms with Gasteiger partial charge in [0.2, 0.25) is 0 Å². The fourth-order valence-electron chi connectivity index (χ4n) is 1.56. The van der Waals surface area contributed by atoms with Crippen molar-refractivity contribution < 1.29 is 9.53 Å². The fraction of sp³-hybridized carbons (Fsp3) is 0.0667. The lowest BCUT2D eigenvalue weighted by Crippen LogP contribution is -2.05. The minimum Gasteiger partial charge on any atom is -0.457 e. The van der Waals surface area contributed by atoms with Crippen LogP contribution in [0.4, 0.5) is 0 Å². The predicted octanol–water partition coefficient (Wildman–Crippen LogP) is 2.92. The quantitative estimate of drug-likeness (QED) is 0.771. The summed E-state index contributed by atoms with van der Waals surface area (Å²) in [6, 6.07) is 17.9. The first kappa shape index (κ1) is 11.9. The van der Waals surface area contributed by atoms with E-state index in [1.165, 1.54) is 0 Å². The fourth-order valence-corrected chi connectivity index (χ4v) is 1.56. The van der Waals surface area contributed by atoms with E-state index >= 15 is 0 Å². The van der Waals surface area contributed by atoms with Crippen molar-refractivity contribution >= 4 is 5.97 Å². The van der Waals surface area contributed by atoms with Crippen LogP contribution < -0.4 is 0 Å². The van der Waals surface area contributed by atoms with Crippen LogP contribution in [0.15, 0.2) is 54.6 Å². The number of carbonyl (C=O) groups excluding carboxylic acids is 1. The van der Waals surface area contributed by atoms with Crippen LogP contribution >= 0.6 is 0 Å². The van der Waals surface area contributed by atoms with Crippen LogP contribution in [0.5, 0.6) is 0 Å². The Morgan fingerprint density at radius 2 is 1.72 bits per heavy atom. The smallest absolute Gasteiger partial charge is 0.338 e. The Bertz CT molecular complexity index is 585. The standard InChI is InChI=1S/C15H11NO2/c16-10-13-8-4-5-9-14(13)11-18-15(17)12-6-2-1-3-7-12/h1-9H,11H2. The van der Waals surface area contributed by atoms with Crippen LogP contribution in [0.2, 0.25) is 0 Å². The maximum atomic E-state index is 11.7. The monoisotopic (exact) mass is 237 g/mol. The molecule has 0 aliphatic heterocycles. The molecule has 0 atom stereocenters. The van der Waals surface area contributed by atoms with Crippen LogP contribution in [-0.2, 0) is 11.3 Å². The Kier molecular flexibility index (Phi) is 3.72. The van der Waals surface area contributed by atoms with Crippen LogP contribution in [0.1, 0.15) is 21.5 Å². The van der Waals surface area contributed by atoms with E-state index in [1.54, 1.807) is 42.5 Å². The zero-order valence-corrected chi connectivity index (χ0v) is 9.67. The third-order valence-electron chi connectivity index (χ3n) is 2.51. The van der Waals surface area contributed by atoms with E-state index in [9.17, 15) is 4.79 Å². The Morgan fingerprint density at radius 3 is 2.44 bits per heavy atom. The largest absolute Gasteiger partial charge is 0.457 e. The summed E-state index contributed by atoms with van der Waals surface area (Å²) in [6.07, 6.45) is 0. The van der Waals surface area contributed by atoms with E-state index in [1.807, 2.05) is 12.1 Å². The molecule has 0 spiro atoms. The minimum atomic E-state index is -0.386. The molecule has 3 heteroatoms. The van der Waals surface area contributed by atoms with Crippen molar-refractivity contribution in [2.45, 2.75) is 6.61 Å². The van der Waals surface area contributed by atoms with E-state index in [-0.39, 0.29) is 12.6 Å². The summed E-state index contributed by atoms with van der Waals surface area (Å²) in [4.78, 5) is 11.7. The summed E-state index contributed by atoms with van der Waals surface area (Å²) in [5.41, 5.74) is 1.74. The highest BCUT2D eigenvalue weighted by Gasteiger charge is 2.07. The van der Waals surface area contributed by atoms with Crippen molar-refractivity contribution in [3.05, 3.63) is 71.3 Å². The maximum absolute atomic E-state index is 11.7. The second kappa shape index (κ2) is 5.65. The Balaban J connectivity index is 2.05. The van der Waals surface area contributed by atoms with E-state index in [2.05, 4.69) is 6.07 Å². The molecule has 18 heavy (non-hydrogen) atoms. The van der Waals surface area contributed by atoms with E-state index in [4.69, 9.17) is 10.00 Å². The summed E-state index contributed by atoms with van der Waals surface area (Å²) >= 11 is 0. The summed E-state index contributed by atoms with van der Waals surface area (Å²) in [5, 5.41) is 8.91. The number of hydrogen-bond donors (Lipinski definition) is 0. The van der Waals surface area contributed by atoms with Crippen LogP contribution in [0.25, 0.3) is 0 Å². The maximum Gasteiger partial charge on any atom is 0.338 e. The van der Waals surface area contributed by atoms with Gasteiger partial charge >= 0.3 is 5.97 Å². The molecule has 0 unspecified atom stereocenters. The SMILES string of the molecule is N#Cc1ccccc1COC(=O)c1ccccc1. The summed E-state index contributed by atoms with van der Waals surface area (Å²) in [6.45, 7) is 0.109. The molecule has 2 aromatic carbocycles. The van der Waals surface area contributed by atoms with Gasteiger partial charge in [-0.2, -0.15) is 5.26 Å². The molecule has 2 rings (SSSR count). The summed E-state index contributed by atoms with van der Waals surface area (Å²) in [5.74, 6) is -0.386. The third kappa shape index (κ3) is 2.74. The van der Waals surface area contributed by atoms with Crippen molar-refractivity contribution in [2.75, 3.05) is 0 Å². The molecule has 0 aliphatic rings. The van der Waals surface area contributed by atoms with E-state index in [0.29, 0.717) is 16.7 Å². The molecule has 0 N–H and O–H groups in total. The lowest BCUT2D eigenvalue weighted by atomic mass is 10.1. The first-order valence-electron chi connectivity index (χ1n) is 5.51. The summed E-state index contributed by atoms with van der Waals surface area (Å²) in [7, 11) is 0. The number of hydrogen-bond acceptors (Lipinski definition) is 3. The zero-order chi connectivity index (χ0) is 12.8. The van der Waals surface area contributed by atoms with Crippen molar-refractivity contribution in [1.82, 2.24) is 0 Å². The first-order chi connectivity index (χ1) is 8.81. The van der Waals surface area contributed by atoms with Crippen molar-refractivity contribution in [1.29, 1.82) is 5.26 Å². The molecule has 0 bridgehead atoms. The number of nitriles is 1. The number of esters is 1. The molecule has 0 saturated heterocycles. The zero-order valence-electron chi connectivity index (χ0n) is 9.67. The molecular weight excluding hydrogens is 226 g/mol. The van der Waals surface area contributed by atoms with Gasteiger partial charge in [-0.3, -0.25) is 0 Å². The Labute approximate surface area is 105 Å². The number of carbonyl (C=O) groups is 1. The number of benzene rings is 2. The molecular formula is C15H11NO2. The topological polar surface area (TPSA) is 50.1 Å². The molecule has 2 aromatic rings. The number of nitrogens with zero attached hydrogens (tertiary/aromatic N) is 1. The lowest BCUT2D eigenvalue weighted by molar-refractivity contribution is 0.0472. The van der Waals surface area contributed by atoms with Gasteiger partial charge in [-0.15, -0.1) is 0 Å². The minimum absolute atomic E-state index is 0.109. The lowest BCUT2D eigenvalue weighted by Gasteiger charge is -2.06. The molecule has 0 heterocycles. The highest BCUT2D eigenvalue weighted by Crippen LogP contribution is 2.10. The van der Waals surface area contributed by atoms with Crippen LogP contribution in [0, 0.1) is 11.3 Å². The molecule has 0 amide bonds. The molecule has 0 fully saturated rings. The molecule has 0 aromatic heterocycles. The predicted molar refractivity (Wildman–Crippen MR) is 66.7 cm³/mol. The average Bonchev–Trinajstić information content (AvgIpc) is 2.46. The number of rotatable bonds is 3. The first-order valence-corrected chi connectivity index (χ1v) is 5.51. The normalized spacial score (nSPS) is 9.50. The van der Waals surface area contributed by atoms with Gasteiger partial charge in [0.15, 0.2) is 0 Å². The molecule has 0 radical (unpaired) electrons. The van der Waals surface area contributed by atoms with E-state index < -0.39 is 0 Å². The van der Waals surface area contributed by atoms with Gasteiger partial charge in [0.05, 0.1) is 17.2 Å². The van der Waals surface area contributed by atoms with Crippen LogP contribution in [-0.4, -0.2) is 5.97 Å². The van der Waals surface area contributed by atoms with Gasteiger partial charge < -0.3 is 4.74 Å². The third-order valence-corrected chi connectivity index (χ3v) is 2.51. The van der Waals surface area contributed by atoms with E-state index in [0.717, 1.165) is 0 Å². The van der Waals surface area contributed by atoms with Crippen molar-refractivity contribution in [3.8, 4) is 6.07 Å². The van der Waals surface area contributed by atoms with Gasteiger partial charge in [-0.05, 0) is 18.2 Å². The molecule has 0 aliphatic carbocycles. The second-order valence-corrected chi connectivity index (χ2v) is 3.71. The highest BCUT2D eigenvalue weighted by molar-refractivity contribution is 5.89. The average molecular weight is 237 g/mol. The van der Waals surface area contributed by atoms with Gasteiger partial charge in [-0.25, -0.2) is 4.79 Å². The Morgan fingerprint density at radius 1 is 1.06 bits per heavy atom.